The Hall–Kier alpha value is -0.160. The summed E-state index contributed by atoms with van der Waals surface area (Å²) < 4.78 is 16.9. The highest BCUT2D eigenvalue weighted by Gasteiger charge is 2.41. The van der Waals surface area contributed by atoms with Crippen LogP contribution in [-0.4, -0.2) is 51.7 Å². The van der Waals surface area contributed by atoms with E-state index in [1.165, 1.54) is 32.1 Å². The molecular weight excluding hydrogens is 254 g/mol. The standard InChI is InChI=1S/C16H31NO3/c1-3-17-15(13-19-11-10-18-2)14-6-9-20-16(12-14)7-4-5-8-16/h14-15,17H,3-13H2,1-2H3. The van der Waals surface area contributed by atoms with Gasteiger partial charge in [-0.05, 0) is 38.1 Å². The molecule has 20 heavy (non-hydrogen) atoms. The maximum Gasteiger partial charge on any atom is 0.0701 e. The predicted octanol–water partition coefficient (Wildman–Crippen LogP) is 2.37. The molecule has 2 unspecified atom stereocenters. The van der Waals surface area contributed by atoms with E-state index < -0.39 is 0 Å². The molecule has 2 rings (SSSR count). The number of methoxy groups -OCH3 is 1. The van der Waals surface area contributed by atoms with Gasteiger partial charge < -0.3 is 19.5 Å². The first-order valence-electron chi connectivity index (χ1n) is 8.24. The summed E-state index contributed by atoms with van der Waals surface area (Å²) in [5, 5.41) is 3.61. The molecule has 1 saturated heterocycles. The Morgan fingerprint density at radius 1 is 1.30 bits per heavy atom. The molecule has 0 aromatic carbocycles. The second-order valence-electron chi connectivity index (χ2n) is 6.22. The fraction of sp³-hybridized carbons (Fsp3) is 1.00. The lowest BCUT2D eigenvalue weighted by molar-refractivity contribution is -0.102. The van der Waals surface area contributed by atoms with Gasteiger partial charge in [0.1, 0.15) is 0 Å². The molecule has 1 aliphatic carbocycles. The van der Waals surface area contributed by atoms with Gasteiger partial charge in [-0.25, -0.2) is 0 Å². The highest BCUT2D eigenvalue weighted by Crippen LogP contribution is 2.42. The highest BCUT2D eigenvalue weighted by atomic mass is 16.5. The minimum atomic E-state index is 0.198. The van der Waals surface area contributed by atoms with Gasteiger partial charge in [0, 0.05) is 19.8 Å². The van der Waals surface area contributed by atoms with Crippen LogP contribution in [0.3, 0.4) is 0 Å². The van der Waals surface area contributed by atoms with Gasteiger partial charge in [-0.2, -0.15) is 0 Å². The Labute approximate surface area is 123 Å². The second-order valence-corrected chi connectivity index (χ2v) is 6.22. The van der Waals surface area contributed by atoms with Crippen LogP contribution in [-0.2, 0) is 14.2 Å². The van der Waals surface area contributed by atoms with Gasteiger partial charge in [-0.3, -0.25) is 0 Å². The summed E-state index contributed by atoms with van der Waals surface area (Å²) in [4.78, 5) is 0. The maximum absolute atomic E-state index is 6.14. The number of ether oxygens (including phenoxy) is 3. The number of nitrogens with one attached hydrogen (secondary N) is 1. The van der Waals surface area contributed by atoms with Gasteiger partial charge in [0.2, 0.25) is 0 Å². The van der Waals surface area contributed by atoms with Crippen LogP contribution in [0.4, 0.5) is 0 Å². The van der Waals surface area contributed by atoms with Crippen molar-refractivity contribution in [3.8, 4) is 0 Å². The third-order valence-corrected chi connectivity index (χ3v) is 4.81. The number of likely N-dealkylation sites (N-methyl/N-ethyl adjacent to an activating group) is 1. The second kappa shape index (κ2) is 8.32. The SMILES string of the molecule is CCNC(COCCOC)C1CCOC2(CCCC2)C1. The van der Waals surface area contributed by atoms with E-state index in [-0.39, 0.29) is 5.60 Å². The number of rotatable bonds is 8. The van der Waals surface area contributed by atoms with E-state index in [2.05, 4.69) is 12.2 Å². The molecule has 1 aliphatic heterocycles. The number of hydrogen-bond acceptors (Lipinski definition) is 4. The van der Waals surface area contributed by atoms with E-state index in [9.17, 15) is 0 Å². The van der Waals surface area contributed by atoms with Crippen LogP contribution in [0.25, 0.3) is 0 Å². The minimum absolute atomic E-state index is 0.198. The Bertz CT molecular complexity index is 266. The van der Waals surface area contributed by atoms with E-state index >= 15 is 0 Å². The molecule has 0 aromatic rings. The summed E-state index contributed by atoms with van der Waals surface area (Å²) in [6.45, 7) is 6.25. The Kier molecular flexibility index (Phi) is 6.75. The molecule has 1 saturated carbocycles. The van der Waals surface area contributed by atoms with Crippen LogP contribution < -0.4 is 5.32 Å². The summed E-state index contributed by atoms with van der Waals surface area (Å²) in [6, 6.07) is 0.457. The lowest BCUT2D eigenvalue weighted by Gasteiger charge is -2.41. The highest BCUT2D eigenvalue weighted by molar-refractivity contribution is 4.94. The predicted molar refractivity (Wildman–Crippen MR) is 80.0 cm³/mol. The molecule has 4 heteroatoms. The summed E-state index contributed by atoms with van der Waals surface area (Å²) in [5.74, 6) is 0.685. The van der Waals surface area contributed by atoms with Crippen LogP contribution in [0.15, 0.2) is 0 Å². The molecule has 2 atom stereocenters. The van der Waals surface area contributed by atoms with Crippen molar-refractivity contribution >= 4 is 0 Å². The van der Waals surface area contributed by atoms with Gasteiger partial charge >= 0.3 is 0 Å². The van der Waals surface area contributed by atoms with Gasteiger partial charge in [0.15, 0.2) is 0 Å². The van der Waals surface area contributed by atoms with E-state index in [1.54, 1.807) is 7.11 Å². The quantitative estimate of drug-likeness (QED) is 0.695. The van der Waals surface area contributed by atoms with E-state index in [0.717, 1.165) is 26.2 Å². The third kappa shape index (κ3) is 4.42. The first-order valence-corrected chi connectivity index (χ1v) is 8.24. The fourth-order valence-electron chi connectivity index (χ4n) is 3.75. The topological polar surface area (TPSA) is 39.7 Å². The molecule has 0 radical (unpaired) electrons. The number of hydrogen-bond donors (Lipinski definition) is 1. The molecule has 1 N–H and O–H groups in total. The monoisotopic (exact) mass is 285 g/mol. The normalized spacial score (nSPS) is 27.0. The van der Waals surface area contributed by atoms with Crippen molar-refractivity contribution < 1.29 is 14.2 Å². The Morgan fingerprint density at radius 3 is 2.80 bits per heavy atom. The first kappa shape index (κ1) is 16.2. The third-order valence-electron chi connectivity index (χ3n) is 4.81. The summed E-state index contributed by atoms with van der Waals surface area (Å²) in [6.07, 6.45) is 7.55. The summed E-state index contributed by atoms with van der Waals surface area (Å²) in [7, 11) is 1.72. The summed E-state index contributed by atoms with van der Waals surface area (Å²) >= 11 is 0. The van der Waals surface area contributed by atoms with Crippen molar-refractivity contribution in [3.63, 3.8) is 0 Å². The first-order chi connectivity index (χ1) is 9.79. The van der Waals surface area contributed by atoms with Gasteiger partial charge in [0.25, 0.3) is 0 Å². The van der Waals surface area contributed by atoms with Crippen molar-refractivity contribution in [2.45, 2.75) is 57.1 Å². The average Bonchev–Trinajstić information content (AvgIpc) is 2.90. The molecule has 1 heterocycles. The Balaban J connectivity index is 1.83. The van der Waals surface area contributed by atoms with Crippen LogP contribution in [0.5, 0.6) is 0 Å². The lowest BCUT2D eigenvalue weighted by Crippen LogP contribution is -2.47. The van der Waals surface area contributed by atoms with E-state index in [0.29, 0.717) is 25.2 Å². The zero-order chi connectivity index (χ0) is 14.3. The molecule has 0 amide bonds. The zero-order valence-electron chi connectivity index (χ0n) is 13.2. The zero-order valence-corrected chi connectivity index (χ0v) is 13.2. The van der Waals surface area contributed by atoms with Crippen molar-refractivity contribution in [1.29, 1.82) is 0 Å². The van der Waals surface area contributed by atoms with Crippen molar-refractivity contribution in [2.24, 2.45) is 5.92 Å². The van der Waals surface area contributed by atoms with Gasteiger partial charge in [0.05, 0.1) is 25.4 Å². The molecular formula is C16H31NO3. The van der Waals surface area contributed by atoms with Gasteiger partial charge in [-0.1, -0.05) is 19.8 Å². The van der Waals surface area contributed by atoms with Crippen LogP contribution in [0.1, 0.15) is 45.4 Å². The van der Waals surface area contributed by atoms with Crippen LogP contribution in [0, 0.1) is 5.92 Å². The molecule has 0 aromatic heterocycles. The van der Waals surface area contributed by atoms with Gasteiger partial charge in [-0.15, -0.1) is 0 Å². The minimum Gasteiger partial charge on any atom is -0.382 e. The molecule has 1 spiro atoms. The Morgan fingerprint density at radius 2 is 2.10 bits per heavy atom. The van der Waals surface area contributed by atoms with Crippen molar-refractivity contribution in [1.82, 2.24) is 5.32 Å². The maximum atomic E-state index is 6.14. The molecule has 2 fully saturated rings. The molecule has 118 valence electrons. The van der Waals surface area contributed by atoms with E-state index in [4.69, 9.17) is 14.2 Å². The molecule has 4 nitrogen and oxygen atoms in total. The van der Waals surface area contributed by atoms with E-state index in [1.807, 2.05) is 0 Å². The largest absolute Gasteiger partial charge is 0.382 e. The van der Waals surface area contributed by atoms with Crippen LogP contribution in [0.2, 0.25) is 0 Å². The van der Waals surface area contributed by atoms with Crippen molar-refractivity contribution in [3.05, 3.63) is 0 Å². The molecule has 0 bridgehead atoms. The lowest BCUT2D eigenvalue weighted by atomic mass is 9.81. The fourth-order valence-corrected chi connectivity index (χ4v) is 3.75. The summed E-state index contributed by atoms with van der Waals surface area (Å²) in [5.41, 5.74) is 0.198. The smallest absolute Gasteiger partial charge is 0.0701 e. The van der Waals surface area contributed by atoms with Crippen molar-refractivity contribution in [2.75, 3.05) is 40.1 Å². The molecule has 2 aliphatic rings. The van der Waals surface area contributed by atoms with Crippen LogP contribution >= 0.6 is 0 Å². The average molecular weight is 285 g/mol.